The van der Waals surface area contributed by atoms with Crippen molar-refractivity contribution in [2.24, 2.45) is 0 Å². The average molecular weight is 432 g/mol. The minimum Gasteiger partial charge on any atom is -0.490 e. The quantitative estimate of drug-likeness (QED) is 0.608. The van der Waals surface area contributed by atoms with Crippen molar-refractivity contribution in [3.63, 3.8) is 0 Å². The molecule has 5 rings (SSSR count). The lowest BCUT2D eigenvalue weighted by Crippen LogP contribution is -2.31. The van der Waals surface area contributed by atoms with Crippen molar-refractivity contribution in [1.82, 2.24) is 14.7 Å². The number of hydrogen-bond donors (Lipinski definition) is 0. The summed E-state index contributed by atoms with van der Waals surface area (Å²) in [5.41, 5.74) is 5.25. The molecule has 6 nitrogen and oxygen atoms in total. The Balaban J connectivity index is 1.30. The fourth-order valence-electron chi connectivity index (χ4n) is 4.72. The molecule has 1 aromatic heterocycles. The summed E-state index contributed by atoms with van der Waals surface area (Å²) in [7, 11) is 0. The summed E-state index contributed by atoms with van der Waals surface area (Å²) in [4.78, 5) is 15.2. The van der Waals surface area contributed by atoms with Gasteiger partial charge in [-0.15, -0.1) is 0 Å². The maximum absolute atomic E-state index is 13.2. The van der Waals surface area contributed by atoms with Gasteiger partial charge in [-0.3, -0.25) is 4.79 Å². The van der Waals surface area contributed by atoms with Crippen molar-refractivity contribution in [1.29, 1.82) is 0 Å². The summed E-state index contributed by atoms with van der Waals surface area (Å²) in [5.74, 6) is 1.75. The van der Waals surface area contributed by atoms with Gasteiger partial charge in [0, 0.05) is 18.7 Å². The summed E-state index contributed by atoms with van der Waals surface area (Å²) in [6.07, 6.45) is 3.28. The molecule has 0 bridgehead atoms. The predicted molar refractivity (Wildman–Crippen MR) is 122 cm³/mol. The Hall–Kier alpha value is -3.28. The Labute approximate surface area is 188 Å². The molecule has 1 atom stereocenters. The first-order chi connectivity index (χ1) is 15.6. The van der Waals surface area contributed by atoms with E-state index in [1.165, 1.54) is 0 Å². The molecule has 0 N–H and O–H groups in total. The highest BCUT2D eigenvalue weighted by molar-refractivity contribution is 5.79. The molecule has 3 aromatic rings. The third-order valence-electron chi connectivity index (χ3n) is 6.28. The number of nitrogens with zero attached hydrogens (tertiary/aromatic N) is 3. The molecule has 3 heterocycles. The molecule has 1 fully saturated rings. The van der Waals surface area contributed by atoms with Crippen LogP contribution in [0.4, 0.5) is 0 Å². The van der Waals surface area contributed by atoms with Crippen molar-refractivity contribution in [3.8, 4) is 17.2 Å². The largest absolute Gasteiger partial charge is 0.490 e. The van der Waals surface area contributed by atoms with E-state index in [9.17, 15) is 4.79 Å². The van der Waals surface area contributed by atoms with Crippen molar-refractivity contribution in [3.05, 3.63) is 71.0 Å². The van der Waals surface area contributed by atoms with Gasteiger partial charge < -0.3 is 14.4 Å². The first-order valence-electron chi connectivity index (χ1n) is 11.4. The van der Waals surface area contributed by atoms with Crippen LogP contribution in [0.1, 0.15) is 47.8 Å². The summed E-state index contributed by atoms with van der Waals surface area (Å²) < 4.78 is 13.6. The van der Waals surface area contributed by atoms with E-state index in [4.69, 9.17) is 9.47 Å². The molecular weight excluding hydrogens is 402 g/mol. The van der Waals surface area contributed by atoms with Crippen molar-refractivity contribution < 1.29 is 14.3 Å². The van der Waals surface area contributed by atoms with Crippen LogP contribution in [-0.2, 0) is 11.2 Å². The second-order valence-corrected chi connectivity index (χ2v) is 8.68. The van der Waals surface area contributed by atoms with Crippen LogP contribution in [0.25, 0.3) is 5.69 Å². The van der Waals surface area contributed by atoms with Crippen LogP contribution in [0, 0.1) is 13.8 Å². The van der Waals surface area contributed by atoms with Crippen LogP contribution in [-0.4, -0.2) is 40.3 Å². The molecule has 0 spiro atoms. The van der Waals surface area contributed by atoms with Crippen LogP contribution >= 0.6 is 0 Å². The Morgan fingerprint density at radius 2 is 1.78 bits per heavy atom. The molecule has 1 amide bonds. The molecule has 32 heavy (non-hydrogen) atoms. The zero-order valence-electron chi connectivity index (χ0n) is 18.7. The number of hydrogen-bond acceptors (Lipinski definition) is 4. The molecule has 2 aliphatic rings. The number of ether oxygens (including phenoxy) is 2. The summed E-state index contributed by atoms with van der Waals surface area (Å²) in [6.45, 7) is 6.18. The molecule has 0 radical (unpaired) electrons. The average Bonchev–Trinajstić information content (AvgIpc) is 3.33. The van der Waals surface area contributed by atoms with E-state index >= 15 is 0 Å². The number of fused-ring (bicyclic) bond motifs is 1. The topological polar surface area (TPSA) is 56.6 Å². The number of aromatic nitrogens is 2. The lowest BCUT2D eigenvalue weighted by Gasteiger charge is -2.26. The maximum Gasteiger partial charge on any atom is 0.227 e. The Bertz CT molecular complexity index is 1120. The van der Waals surface area contributed by atoms with Gasteiger partial charge in [-0.2, -0.15) is 5.10 Å². The maximum atomic E-state index is 13.2. The first-order valence-corrected chi connectivity index (χ1v) is 11.4. The number of benzene rings is 2. The molecule has 0 saturated carbocycles. The zero-order valence-corrected chi connectivity index (χ0v) is 18.7. The second-order valence-electron chi connectivity index (χ2n) is 8.68. The summed E-state index contributed by atoms with van der Waals surface area (Å²) in [6, 6.07) is 16.4. The van der Waals surface area contributed by atoms with Crippen LogP contribution in [0.3, 0.4) is 0 Å². The minimum atomic E-state index is 0.0913. The van der Waals surface area contributed by atoms with Gasteiger partial charge >= 0.3 is 0 Å². The van der Waals surface area contributed by atoms with Crippen LogP contribution in [0.15, 0.2) is 48.5 Å². The zero-order chi connectivity index (χ0) is 22.1. The van der Waals surface area contributed by atoms with Crippen LogP contribution in [0.5, 0.6) is 11.5 Å². The fourth-order valence-corrected chi connectivity index (χ4v) is 4.72. The van der Waals surface area contributed by atoms with Gasteiger partial charge in [-0.25, -0.2) is 4.68 Å². The van der Waals surface area contributed by atoms with E-state index in [1.54, 1.807) is 0 Å². The van der Waals surface area contributed by atoms with Gasteiger partial charge in [0.05, 0.1) is 37.1 Å². The van der Waals surface area contributed by atoms with E-state index < -0.39 is 0 Å². The summed E-state index contributed by atoms with van der Waals surface area (Å²) in [5, 5.41) is 4.54. The first kappa shape index (κ1) is 20.6. The van der Waals surface area contributed by atoms with Gasteiger partial charge in [0.1, 0.15) is 0 Å². The third-order valence-corrected chi connectivity index (χ3v) is 6.28. The molecule has 166 valence electrons. The number of carbonyl (C=O) groups is 1. The lowest BCUT2D eigenvalue weighted by atomic mass is 10.0. The number of carbonyl (C=O) groups excluding carboxylic acids is 1. The highest BCUT2D eigenvalue weighted by Gasteiger charge is 2.30. The lowest BCUT2D eigenvalue weighted by molar-refractivity contribution is -0.131. The van der Waals surface area contributed by atoms with Crippen molar-refractivity contribution >= 4 is 5.91 Å². The third kappa shape index (κ3) is 4.09. The molecular formula is C26H29N3O3. The van der Waals surface area contributed by atoms with Gasteiger partial charge in [-0.1, -0.05) is 18.2 Å². The molecule has 2 aromatic carbocycles. The van der Waals surface area contributed by atoms with Crippen LogP contribution < -0.4 is 9.47 Å². The molecule has 0 aliphatic carbocycles. The van der Waals surface area contributed by atoms with Crippen molar-refractivity contribution in [2.45, 2.75) is 45.6 Å². The van der Waals surface area contributed by atoms with Gasteiger partial charge in [0.15, 0.2) is 11.5 Å². The predicted octanol–water partition coefficient (Wildman–Crippen LogP) is 4.56. The standard InChI is InChI=1S/C26H29N3O3/c1-18-15-19(2)29(27-18)22-9-6-20(7-10-22)16-26(30)28-12-3-5-23(28)21-8-11-24-25(17-21)32-14-4-13-31-24/h6-11,15,17,23H,3-5,12-14,16H2,1-2H3/t23-/m1/s1. The number of aryl methyl sites for hydroxylation is 2. The molecule has 0 unspecified atom stereocenters. The van der Waals surface area contributed by atoms with Gasteiger partial charge in [0.25, 0.3) is 0 Å². The fraction of sp³-hybridized carbons (Fsp3) is 0.385. The number of amides is 1. The smallest absolute Gasteiger partial charge is 0.227 e. The Morgan fingerprint density at radius 3 is 2.53 bits per heavy atom. The van der Waals surface area contributed by atoms with Crippen molar-refractivity contribution in [2.75, 3.05) is 19.8 Å². The Kier molecular flexibility index (Phi) is 5.60. The SMILES string of the molecule is Cc1cc(C)n(-c2ccc(CC(=O)N3CCC[C@@H]3c3ccc4c(c3)OCCCO4)cc2)n1. The highest BCUT2D eigenvalue weighted by atomic mass is 16.5. The van der Waals surface area contributed by atoms with E-state index in [-0.39, 0.29) is 11.9 Å². The monoisotopic (exact) mass is 431 g/mol. The van der Waals surface area contributed by atoms with E-state index in [1.807, 2.05) is 53.8 Å². The molecule has 6 heteroatoms. The van der Waals surface area contributed by atoms with E-state index in [0.29, 0.717) is 19.6 Å². The van der Waals surface area contributed by atoms with Gasteiger partial charge in [-0.05, 0) is 68.1 Å². The minimum absolute atomic E-state index is 0.0913. The Morgan fingerprint density at radius 1 is 1.00 bits per heavy atom. The molecule has 1 saturated heterocycles. The second kappa shape index (κ2) is 8.69. The van der Waals surface area contributed by atoms with Gasteiger partial charge in [0.2, 0.25) is 5.91 Å². The molecule has 2 aliphatic heterocycles. The number of rotatable bonds is 4. The highest BCUT2D eigenvalue weighted by Crippen LogP contribution is 2.38. The normalized spacial score (nSPS) is 17.9. The van der Waals surface area contributed by atoms with Crippen LogP contribution in [0.2, 0.25) is 0 Å². The summed E-state index contributed by atoms with van der Waals surface area (Å²) >= 11 is 0. The van der Waals surface area contributed by atoms with E-state index in [2.05, 4.69) is 23.3 Å². The number of likely N-dealkylation sites (tertiary alicyclic amines) is 1. The van der Waals surface area contributed by atoms with E-state index in [0.717, 1.165) is 65.5 Å².